The van der Waals surface area contributed by atoms with Crippen molar-refractivity contribution in [1.82, 2.24) is 9.88 Å². The maximum Gasteiger partial charge on any atom is 0.309 e. The summed E-state index contributed by atoms with van der Waals surface area (Å²) < 4.78 is 0. The number of carboxylic acids is 1. The molecule has 6 heteroatoms. The fourth-order valence-corrected chi connectivity index (χ4v) is 1.25. The Bertz CT molecular complexity index is 401. The second-order valence-corrected chi connectivity index (χ2v) is 3.89. The molecule has 1 heterocycles. The molecule has 2 N–H and O–H groups in total. The number of pyridine rings is 1. The predicted molar refractivity (Wildman–Crippen MR) is 62.8 cm³/mol. The third kappa shape index (κ3) is 5.07. The van der Waals surface area contributed by atoms with E-state index in [0.29, 0.717) is 11.4 Å². The van der Waals surface area contributed by atoms with Gasteiger partial charge >= 0.3 is 5.97 Å². The van der Waals surface area contributed by atoms with Crippen molar-refractivity contribution < 1.29 is 14.7 Å². The molecule has 0 aliphatic carbocycles. The van der Waals surface area contributed by atoms with Crippen molar-refractivity contribution in [1.29, 1.82) is 0 Å². The Kier molecular flexibility index (Phi) is 4.59. The highest BCUT2D eigenvalue weighted by Gasteiger charge is 2.05. The van der Waals surface area contributed by atoms with Gasteiger partial charge < -0.3 is 15.3 Å². The summed E-state index contributed by atoms with van der Waals surface area (Å²) in [5, 5.41) is 11.2. The van der Waals surface area contributed by atoms with Gasteiger partial charge in [-0.05, 0) is 26.2 Å². The van der Waals surface area contributed by atoms with Crippen LogP contribution in [0.25, 0.3) is 0 Å². The van der Waals surface area contributed by atoms with Gasteiger partial charge in [0.25, 0.3) is 0 Å². The van der Waals surface area contributed by atoms with Gasteiger partial charge in [-0.2, -0.15) is 0 Å². The number of anilines is 1. The van der Waals surface area contributed by atoms with E-state index in [2.05, 4.69) is 10.3 Å². The molecule has 6 nitrogen and oxygen atoms in total. The Morgan fingerprint density at radius 1 is 1.41 bits per heavy atom. The van der Waals surface area contributed by atoms with Crippen molar-refractivity contribution in [2.45, 2.75) is 6.42 Å². The molecule has 1 rings (SSSR count). The minimum absolute atomic E-state index is 0.119. The van der Waals surface area contributed by atoms with Gasteiger partial charge in [0.05, 0.1) is 30.5 Å². The molecule has 0 aliphatic rings. The SMILES string of the molecule is CN(C)CC(=O)Nc1ccc(CC(=O)O)nc1. The number of rotatable bonds is 5. The average molecular weight is 237 g/mol. The van der Waals surface area contributed by atoms with Crippen LogP contribution in [0, 0.1) is 0 Å². The van der Waals surface area contributed by atoms with E-state index < -0.39 is 5.97 Å². The number of amides is 1. The Balaban J connectivity index is 2.56. The number of carboxylic acid groups (broad SMARTS) is 1. The van der Waals surface area contributed by atoms with Gasteiger partial charge in [0.1, 0.15) is 0 Å². The van der Waals surface area contributed by atoms with Crippen molar-refractivity contribution >= 4 is 17.6 Å². The smallest absolute Gasteiger partial charge is 0.309 e. The lowest BCUT2D eigenvalue weighted by molar-refractivity contribution is -0.136. The number of aliphatic carboxylic acids is 1. The van der Waals surface area contributed by atoms with Gasteiger partial charge in [-0.1, -0.05) is 0 Å². The fraction of sp³-hybridized carbons (Fsp3) is 0.364. The third-order valence-electron chi connectivity index (χ3n) is 1.90. The van der Waals surface area contributed by atoms with Gasteiger partial charge in [-0.25, -0.2) is 0 Å². The van der Waals surface area contributed by atoms with Crippen molar-refractivity contribution in [3.63, 3.8) is 0 Å². The topological polar surface area (TPSA) is 82.5 Å². The Morgan fingerprint density at radius 3 is 2.59 bits per heavy atom. The summed E-state index contributed by atoms with van der Waals surface area (Å²) in [5.74, 6) is -1.07. The molecule has 0 atom stereocenters. The van der Waals surface area contributed by atoms with E-state index in [1.54, 1.807) is 31.1 Å². The van der Waals surface area contributed by atoms with Gasteiger partial charge in [-0.15, -0.1) is 0 Å². The summed E-state index contributed by atoms with van der Waals surface area (Å²) in [6.45, 7) is 0.289. The number of likely N-dealkylation sites (N-methyl/N-ethyl adjacent to an activating group) is 1. The van der Waals surface area contributed by atoms with Crippen molar-refractivity contribution in [3.05, 3.63) is 24.0 Å². The highest BCUT2D eigenvalue weighted by molar-refractivity contribution is 5.92. The van der Waals surface area contributed by atoms with E-state index >= 15 is 0 Å². The zero-order chi connectivity index (χ0) is 12.8. The number of nitrogens with one attached hydrogen (secondary N) is 1. The first kappa shape index (κ1) is 13.1. The molecular formula is C11H15N3O3. The lowest BCUT2D eigenvalue weighted by atomic mass is 10.2. The number of carbonyl (C=O) groups excluding carboxylic acids is 1. The molecule has 0 radical (unpaired) electrons. The van der Waals surface area contributed by atoms with E-state index in [-0.39, 0.29) is 18.9 Å². The van der Waals surface area contributed by atoms with Crippen LogP contribution < -0.4 is 5.32 Å². The van der Waals surface area contributed by atoms with Gasteiger partial charge in [0, 0.05) is 0 Å². The minimum Gasteiger partial charge on any atom is -0.481 e. The van der Waals surface area contributed by atoms with Crippen molar-refractivity contribution in [2.24, 2.45) is 0 Å². The predicted octanol–water partition coefficient (Wildman–Crippen LogP) is 0.209. The van der Waals surface area contributed by atoms with Crippen LogP contribution in [0.1, 0.15) is 5.69 Å². The molecular weight excluding hydrogens is 222 g/mol. The Labute approximate surface area is 99.3 Å². The van der Waals surface area contributed by atoms with Crippen LogP contribution in [0.3, 0.4) is 0 Å². The molecule has 0 saturated carbocycles. The first-order valence-corrected chi connectivity index (χ1v) is 5.08. The van der Waals surface area contributed by atoms with Crippen molar-refractivity contribution in [3.8, 4) is 0 Å². The molecule has 1 aromatic rings. The van der Waals surface area contributed by atoms with Crippen LogP contribution in [0.5, 0.6) is 0 Å². The Morgan fingerprint density at radius 2 is 2.12 bits per heavy atom. The van der Waals surface area contributed by atoms with Gasteiger partial charge in [0.2, 0.25) is 5.91 Å². The van der Waals surface area contributed by atoms with E-state index in [1.165, 1.54) is 6.20 Å². The standard InChI is InChI=1S/C11H15N3O3/c1-14(2)7-10(15)13-9-4-3-8(12-6-9)5-11(16)17/h3-4,6H,5,7H2,1-2H3,(H,13,15)(H,16,17). The molecule has 0 fully saturated rings. The van der Waals surface area contributed by atoms with E-state index in [1.807, 2.05) is 0 Å². The second kappa shape index (κ2) is 5.95. The summed E-state index contributed by atoms with van der Waals surface area (Å²) in [6.07, 6.45) is 1.33. The summed E-state index contributed by atoms with van der Waals surface area (Å²) in [5.41, 5.74) is 1.02. The zero-order valence-corrected chi connectivity index (χ0v) is 9.80. The average Bonchev–Trinajstić information content (AvgIpc) is 2.18. The first-order valence-electron chi connectivity index (χ1n) is 5.08. The number of nitrogens with zero attached hydrogens (tertiary/aromatic N) is 2. The molecule has 0 aliphatic heterocycles. The molecule has 17 heavy (non-hydrogen) atoms. The maximum absolute atomic E-state index is 11.4. The third-order valence-corrected chi connectivity index (χ3v) is 1.90. The molecule has 0 saturated heterocycles. The number of hydrogen-bond acceptors (Lipinski definition) is 4. The van der Waals surface area contributed by atoms with Crippen LogP contribution in [0.4, 0.5) is 5.69 Å². The largest absolute Gasteiger partial charge is 0.481 e. The summed E-state index contributed by atoms with van der Waals surface area (Å²) >= 11 is 0. The van der Waals surface area contributed by atoms with Crippen molar-refractivity contribution in [2.75, 3.05) is 26.0 Å². The molecule has 0 spiro atoms. The van der Waals surface area contributed by atoms with Crippen LogP contribution >= 0.6 is 0 Å². The molecule has 92 valence electrons. The number of hydrogen-bond donors (Lipinski definition) is 2. The van der Waals surface area contributed by atoms with Crippen LogP contribution in [0.2, 0.25) is 0 Å². The highest BCUT2D eigenvalue weighted by atomic mass is 16.4. The maximum atomic E-state index is 11.4. The van der Waals surface area contributed by atoms with E-state index in [0.717, 1.165) is 0 Å². The van der Waals surface area contributed by atoms with Gasteiger partial charge in [0.15, 0.2) is 0 Å². The van der Waals surface area contributed by atoms with E-state index in [9.17, 15) is 9.59 Å². The summed E-state index contributed by atoms with van der Waals surface area (Å²) in [4.78, 5) is 27.5. The zero-order valence-electron chi connectivity index (χ0n) is 9.80. The van der Waals surface area contributed by atoms with E-state index in [4.69, 9.17) is 5.11 Å². The summed E-state index contributed by atoms with van der Waals surface area (Å²) in [6, 6.07) is 3.22. The quantitative estimate of drug-likeness (QED) is 0.765. The molecule has 1 aromatic heterocycles. The fourth-order valence-electron chi connectivity index (χ4n) is 1.25. The summed E-state index contributed by atoms with van der Waals surface area (Å²) in [7, 11) is 3.60. The van der Waals surface area contributed by atoms with Crippen LogP contribution in [0.15, 0.2) is 18.3 Å². The second-order valence-electron chi connectivity index (χ2n) is 3.89. The van der Waals surface area contributed by atoms with Gasteiger partial charge in [-0.3, -0.25) is 14.6 Å². The monoisotopic (exact) mass is 237 g/mol. The molecule has 0 unspecified atom stereocenters. The minimum atomic E-state index is -0.929. The lowest BCUT2D eigenvalue weighted by Gasteiger charge is -2.09. The van der Waals surface area contributed by atoms with Crippen LogP contribution in [-0.2, 0) is 16.0 Å². The number of aromatic nitrogens is 1. The Hall–Kier alpha value is -1.95. The molecule has 1 amide bonds. The lowest BCUT2D eigenvalue weighted by Crippen LogP contribution is -2.27. The first-order chi connectivity index (χ1) is 7.97. The molecule has 0 aromatic carbocycles. The normalized spacial score (nSPS) is 10.3. The molecule has 0 bridgehead atoms. The van der Waals surface area contributed by atoms with Crippen LogP contribution in [-0.4, -0.2) is 47.5 Å². The highest BCUT2D eigenvalue weighted by Crippen LogP contribution is 2.06. The number of carbonyl (C=O) groups is 2.